The topological polar surface area (TPSA) is 46.2 Å². The van der Waals surface area contributed by atoms with Gasteiger partial charge in [-0.3, -0.25) is 0 Å². The van der Waals surface area contributed by atoms with Crippen molar-refractivity contribution in [2.45, 2.75) is 50.8 Å². The minimum absolute atomic E-state index is 0.265. The zero-order valence-electron chi connectivity index (χ0n) is 23.6. The number of benzene rings is 5. The average molecular weight is 561 g/mol. The summed E-state index contributed by atoms with van der Waals surface area (Å²) in [6.07, 6.45) is -1.00. The van der Waals surface area contributed by atoms with Gasteiger partial charge < -0.3 is 23.7 Å². The van der Waals surface area contributed by atoms with Gasteiger partial charge in [-0.1, -0.05) is 121 Å². The predicted molar refractivity (Wildman–Crippen MR) is 164 cm³/mol. The summed E-state index contributed by atoms with van der Waals surface area (Å²) in [7, 11) is 0. The Morgan fingerprint density at radius 2 is 1.14 bits per heavy atom. The van der Waals surface area contributed by atoms with Gasteiger partial charge >= 0.3 is 0 Å². The molecule has 0 bridgehead atoms. The van der Waals surface area contributed by atoms with Gasteiger partial charge in [0.15, 0.2) is 0 Å². The molecule has 0 radical (unpaired) electrons. The van der Waals surface area contributed by atoms with Crippen LogP contribution in [-0.4, -0.2) is 31.2 Å². The van der Waals surface area contributed by atoms with Gasteiger partial charge in [-0.25, -0.2) is 0 Å². The van der Waals surface area contributed by atoms with Crippen LogP contribution < -0.4 is 4.74 Å². The number of hydrogen-bond acceptors (Lipinski definition) is 5. The lowest BCUT2D eigenvalue weighted by molar-refractivity contribution is -0.257. The first kappa shape index (κ1) is 28.1. The quantitative estimate of drug-likeness (QED) is 0.156. The standard InChI is InChI=1S/C37H36O5/c1-4-12-28(13-5-1)24-38-27-35-37(40-26-30-16-8-3-9-17-30)34(39-25-29-14-6-2-7-15-29)23-36(42-35)41-33-21-20-31-18-10-11-19-32(31)22-33/h1-22,34-37H,23-27H2/t34?,35?,36-,37+/m1/s1. The maximum Gasteiger partial charge on any atom is 0.202 e. The van der Waals surface area contributed by atoms with Crippen LogP contribution in [0.25, 0.3) is 10.8 Å². The zero-order chi connectivity index (χ0) is 28.4. The van der Waals surface area contributed by atoms with Gasteiger partial charge in [-0.05, 0) is 39.6 Å². The van der Waals surface area contributed by atoms with Gasteiger partial charge in [0.05, 0.1) is 32.5 Å². The van der Waals surface area contributed by atoms with Crippen molar-refractivity contribution in [3.05, 3.63) is 150 Å². The first-order chi connectivity index (χ1) is 20.8. The lowest BCUT2D eigenvalue weighted by Crippen LogP contribution is -2.53. The van der Waals surface area contributed by atoms with Crippen molar-refractivity contribution in [3.8, 4) is 5.75 Å². The molecule has 0 spiro atoms. The first-order valence-electron chi connectivity index (χ1n) is 14.5. The molecule has 1 aliphatic heterocycles. The molecule has 0 amide bonds. The summed E-state index contributed by atoms with van der Waals surface area (Å²) >= 11 is 0. The Bertz CT molecular complexity index is 1510. The molecule has 5 aromatic carbocycles. The van der Waals surface area contributed by atoms with Crippen LogP contribution in [0.1, 0.15) is 23.1 Å². The van der Waals surface area contributed by atoms with Gasteiger partial charge in [0.25, 0.3) is 0 Å². The van der Waals surface area contributed by atoms with Gasteiger partial charge in [-0.15, -0.1) is 0 Å². The second-order valence-electron chi connectivity index (χ2n) is 10.6. The van der Waals surface area contributed by atoms with Crippen LogP contribution >= 0.6 is 0 Å². The monoisotopic (exact) mass is 560 g/mol. The highest BCUT2D eigenvalue weighted by Crippen LogP contribution is 2.30. The molecule has 1 aliphatic rings. The summed E-state index contributed by atoms with van der Waals surface area (Å²) in [6.45, 7) is 1.75. The van der Waals surface area contributed by atoms with Crippen LogP contribution in [0.15, 0.2) is 133 Å². The molecule has 42 heavy (non-hydrogen) atoms. The minimum Gasteiger partial charge on any atom is -0.465 e. The molecule has 0 aliphatic carbocycles. The van der Waals surface area contributed by atoms with Gasteiger partial charge in [0, 0.05) is 6.42 Å². The van der Waals surface area contributed by atoms with E-state index in [9.17, 15) is 0 Å². The van der Waals surface area contributed by atoms with Crippen molar-refractivity contribution in [2.24, 2.45) is 0 Å². The number of hydrogen-bond donors (Lipinski definition) is 0. The van der Waals surface area contributed by atoms with E-state index < -0.39 is 12.4 Å². The highest BCUT2D eigenvalue weighted by Gasteiger charge is 2.41. The molecular formula is C37H36O5. The van der Waals surface area contributed by atoms with Crippen LogP contribution in [0, 0.1) is 0 Å². The third-order valence-corrected chi connectivity index (χ3v) is 7.46. The molecule has 5 heteroatoms. The number of fused-ring (bicyclic) bond motifs is 1. The second kappa shape index (κ2) is 14.3. The SMILES string of the molecule is c1ccc(COCC2O[C@@H](Oc3ccc4ccccc4c3)CC(OCc3ccccc3)[C@@H]2OCc2ccccc2)cc1. The largest absolute Gasteiger partial charge is 0.465 e. The van der Waals surface area contributed by atoms with Gasteiger partial charge in [0.1, 0.15) is 18.0 Å². The van der Waals surface area contributed by atoms with E-state index in [-0.39, 0.29) is 12.2 Å². The van der Waals surface area contributed by atoms with E-state index in [0.717, 1.165) is 27.8 Å². The number of ether oxygens (including phenoxy) is 5. The Morgan fingerprint density at radius 3 is 1.81 bits per heavy atom. The van der Waals surface area contributed by atoms with Crippen LogP contribution in [-0.2, 0) is 38.8 Å². The number of rotatable bonds is 12. The van der Waals surface area contributed by atoms with Gasteiger partial charge in [0.2, 0.25) is 6.29 Å². The summed E-state index contributed by atoms with van der Waals surface area (Å²) in [5, 5.41) is 2.29. The van der Waals surface area contributed by atoms with Gasteiger partial charge in [-0.2, -0.15) is 0 Å². The van der Waals surface area contributed by atoms with E-state index in [2.05, 4.69) is 60.7 Å². The van der Waals surface area contributed by atoms with Crippen molar-refractivity contribution < 1.29 is 23.7 Å². The van der Waals surface area contributed by atoms with Crippen molar-refractivity contribution in [3.63, 3.8) is 0 Å². The Hall–Kier alpha value is -4.00. The molecule has 6 rings (SSSR count). The molecule has 1 fully saturated rings. The second-order valence-corrected chi connectivity index (χ2v) is 10.6. The lowest BCUT2D eigenvalue weighted by atomic mass is 10.0. The fraction of sp³-hybridized carbons (Fsp3) is 0.243. The van der Waals surface area contributed by atoms with Crippen molar-refractivity contribution in [1.82, 2.24) is 0 Å². The smallest absolute Gasteiger partial charge is 0.202 e. The zero-order valence-corrected chi connectivity index (χ0v) is 23.6. The summed E-state index contributed by atoms with van der Waals surface area (Å²) < 4.78 is 32.3. The van der Waals surface area contributed by atoms with Crippen LogP contribution in [0.5, 0.6) is 5.75 Å². The lowest BCUT2D eigenvalue weighted by Gasteiger charge is -2.41. The predicted octanol–water partition coefficient (Wildman–Crippen LogP) is 7.72. The van der Waals surface area contributed by atoms with E-state index in [4.69, 9.17) is 23.7 Å². The van der Waals surface area contributed by atoms with E-state index in [0.29, 0.717) is 32.8 Å². The highest BCUT2D eigenvalue weighted by molar-refractivity contribution is 5.83. The molecular weight excluding hydrogens is 524 g/mol. The fourth-order valence-corrected chi connectivity index (χ4v) is 5.28. The normalized spacial score (nSPS) is 20.4. The molecule has 214 valence electrons. The Balaban J connectivity index is 1.22. The van der Waals surface area contributed by atoms with E-state index in [1.54, 1.807) is 0 Å². The highest BCUT2D eigenvalue weighted by atomic mass is 16.7. The molecule has 0 aromatic heterocycles. The summed E-state index contributed by atoms with van der Waals surface area (Å²) in [4.78, 5) is 0. The summed E-state index contributed by atoms with van der Waals surface area (Å²) in [6, 6.07) is 44.9. The van der Waals surface area contributed by atoms with E-state index in [1.165, 1.54) is 5.39 Å². The molecule has 2 unspecified atom stereocenters. The van der Waals surface area contributed by atoms with E-state index >= 15 is 0 Å². The first-order valence-corrected chi connectivity index (χ1v) is 14.5. The molecule has 4 atom stereocenters. The van der Waals surface area contributed by atoms with Crippen molar-refractivity contribution in [2.75, 3.05) is 6.61 Å². The van der Waals surface area contributed by atoms with Crippen LogP contribution in [0.4, 0.5) is 0 Å². The van der Waals surface area contributed by atoms with Crippen molar-refractivity contribution in [1.29, 1.82) is 0 Å². The van der Waals surface area contributed by atoms with E-state index in [1.807, 2.05) is 72.8 Å². The Kier molecular flexibility index (Phi) is 9.55. The molecule has 1 saturated heterocycles. The Labute approximate surface area is 247 Å². The molecule has 5 aromatic rings. The van der Waals surface area contributed by atoms with Crippen LogP contribution in [0.2, 0.25) is 0 Å². The summed E-state index contributed by atoms with van der Waals surface area (Å²) in [5.41, 5.74) is 3.31. The third-order valence-electron chi connectivity index (χ3n) is 7.46. The Morgan fingerprint density at radius 1 is 0.571 bits per heavy atom. The van der Waals surface area contributed by atoms with Crippen molar-refractivity contribution >= 4 is 10.8 Å². The maximum atomic E-state index is 6.57. The third kappa shape index (κ3) is 7.64. The molecule has 0 saturated carbocycles. The maximum absolute atomic E-state index is 6.57. The van der Waals surface area contributed by atoms with Crippen LogP contribution in [0.3, 0.4) is 0 Å². The summed E-state index contributed by atoms with van der Waals surface area (Å²) in [5.74, 6) is 0.758. The minimum atomic E-state index is -0.520. The molecule has 5 nitrogen and oxygen atoms in total. The fourth-order valence-electron chi connectivity index (χ4n) is 5.28. The molecule has 0 N–H and O–H groups in total. The average Bonchev–Trinajstić information content (AvgIpc) is 3.05. The molecule has 1 heterocycles.